The lowest BCUT2D eigenvalue weighted by atomic mass is 9.97. The topological polar surface area (TPSA) is 85.6 Å². The summed E-state index contributed by atoms with van der Waals surface area (Å²) >= 11 is 0. The molecule has 3 rings (SSSR count). The first-order valence-electron chi connectivity index (χ1n) is 8.45. The summed E-state index contributed by atoms with van der Waals surface area (Å²) in [4.78, 5) is 29.3. The van der Waals surface area contributed by atoms with E-state index in [1.807, 2.05) is 4.90 Å². The van der Waals surface area contributed by atoms with Gasteiger partial charge in [0.25, 0.3) is 11.6 Å². The lowest BCUT2D eigenvalue weighted by molar-refractivity contribution is -0.383. The van der Waals surface area contributed by atoms with Crippen LogP contribution in [0.15, 0.2) is 30.5 Å². The van der Waals surface area contributed by atoms with E-state index in [2.05, 4.69) is 18.8 Å². The summed E-state index contributed by atoms with van der Waals surface area (Å²) in [6, 6.07) is 6.56. The lowest BCUT2D eigenvalue weighted by Crippen LogP contribution is -2.49. The third kappa shape index (κ3) is 3.40. The molecule has 1 fully saturated rings. The van der Waals surface area contributed by atoms with E-state index in [1.54, 1.807) is 18.3 Å². The Morgan fingerprint density at radius 1 is 1.32 bits per heavy atom. The number of nitro benzene ring substituents is 1. The minimum Gasteiger partial charge on any atom is -0.481 e. The first kappa shape index (κ1) is 17.1. The molecule has 1 amide bonds. The maximum absolute atomic E-state index is 12.6. The van der Waals surface area contributed by atoms with Crippen molar-refractivity contribution in [2.45, 2.75) is 45.2 Å². The smallest absolute Gasteiger partial charge is 0.279 e. The van der Waals surface area contributed by atoms with Crippen molar-refractivity contribution in [3.05, 3.63) is 40.6 Å². The average Bonchev–Trinajstić information content (AvgIpc) is 2.59. The molecule has 2 unspecified atom stereocenters. The van der Waals surface area contributed by atoms with Crippen molar-refractivity contribution in [2.75, 3.05) is 6.61 Å². The molecule has 0 radical (unpaired) electrons. The van der Waals surface area contributed by atoms with Crippen LogP contribution in [0.4, 0.5) is 5.69 Å². The molecule has 0 spiro atoms. The number of hydrogen-bond acceptors (Lipinski definition) is 5. The van der Waals surface area contributed by atoms with Gasteiger partial charge in [-0.3, -0.25) is 19.9 Å². The monoisotopic (exact) mass is 343 g/mol. The lowest BCUT2D eigenvalue weighted by Gasteiger charge is -2.38. The van der Waals surface area contributed by atoms with Crippen LogP contribution < -0.4 is 4.74 Å². The van der Waals surface area contributed by atoms with Gasteiger partial charge >= 0.3 is 0 Å². The summed E-state index contributed by atoms with van der Waals surface area (Å²) in [7, 11) is 0. The Bertz CT molecular complexity index is 798. The molecular weight excluding hydrogens is 322 g/mol. The molecule has 1 aromatic carbocycles. The van der Waals surface area contributed by atoms with E-state index in [9.17, 15) is 14.9 Å². The van der Waals surface area contributed by atoms with Crippen molar-refractivity contribution in [3.63, 3.8) is 0 Å². The zero-order chi connectivity index (χ0) is 18.0. The minimum absolute atomic E-state index is 0.0277. The SMILES string of the molecule is CC1CCCC(C)N1C(=O)COc1ccc([N+](=O)[O-])c2cccnc12. The van der Waals surface area contributed by atoms with E-state index >= 15 is 0 Å². The molecule has 132 valence electrons. The number of likely N-dealkylation sites (tertiary alicyclic amines) is 1. The highest BCUT2D eigenvalue weighted by Gasteiger charge is 2.29. The fourth-order valence-electron chi connectivity index (χ4n) is 3.53. The molecule has 0 aliphatic carbocycles. The number of non-ortho nitro benzene ring substituents is 1. The van der Waals surface area contributed by atoms with Crippen LogP contribution in [-0.2, 0) is 4.79 Å². The van der Waals surface area contributed by atoms with Gasteiger partial charge in [-0.2, -0.15) is 0 Å². The van der Waals surface area contributed by atoms with Gasteiger partial charge in [-0.25, -0.2) is 0 Å². The number of fused-ring (bicyclic) bond motifs is 1. The molecule has 0 bridgehead atoms. The van der Waals surface area contributed by atoms with Crippen LogP contribution in [0.5, 0.6) is 5.75 Å². The summed E-state index contributed by atoms with van der Waals surface area (Å²) in [6.07, 6.45) is 4.68. The zero-order valence-corrected chi connectivity index (χ0v) is 14.3. The molecule has 1 aliphatic heterocycles. The summed E-state index contributed by atoms with van der Waals surface area (Å²) in [5.41, 5.74) is 0.365. The second-order valence-corrected chi connectivity index (χ2v) is 6.46. The quantitative estimate of drug-likeness (QED) is 0.628. The largest absolute Gasteiger partial charge is 0.481 e. The molecule has 25 heavy (non-hydrogen) atoms. The van der Waals surface area contributed by atoms with E-state index < -0.39 is 4.92 Å². The van der Waals surface area contributed by atoms with Gasteiger partial charge in [0.1, 0.15) is 11.3 Å². The van der Waals surface area contributed by atoms with Gasteiger partial charge in [0.05, 0.1) is 10.3 Å². The first-order valence-corrected chi connectivity index (χ1v) is 8.45. The van der Waals surface area contributed by atoms with Gasteiger partial charge in [-0.1, -0.05) is 0 Å². The number of pyridine rings is 1. The Balaban J connectivity index is 1.81. The number of carbonyl (C=O) groups excluding carboxylic acids is 1. The first-order chi connectivity index (χ1) is 12.0. The molecule has 2 aromatic rings. The third-order valence-electron chi connectivity index (χ3n) is 4.74. The number of nitro groups is 1. The molecule has 7 heteroatoms. The molecule has 1 aromatic heterocycles. The number of carbonyl (C=O) groups is 1. The fraction of sp³-hybridized carbons (Fsp3) is 0.444. The molecule has 2 heterocycles. The van der Waals surface area contributed by atoms with Gasteiger partial charge in [0, 0.05) is 24.3 Å². The van der Waals surface area contributed by atoms with Crippen LogP contribution in [0.2, 0.25) is 0 Å². The Labute approximate surface area is 145 Å². The van der Waals surface area contributed by atoms with Crippen molar-refractivity contribution in [1.29, 1.82) is 0 Å². The molecule has 7 nitrogen and oxygen atoms in total. The number of amides is 1. The van der Waals surface area contributed by atoms with E-state index in [0.717, 1.165) is 19.3 Å². The summed E-state index contributed by atoms with van der Waals surface area (Å²) in [6.45, 7) is 4.00. The maximum atomic E-state index is 12.6. The van der Waals surface area contributed by atoms with Crippen LogP contribution >= 0.6 is 0 Å². The summed E-state index contributed by atoms with van der Waals surface area (Å²) in [5, 5.41) is 11.5. The van der Waals surface area contributed by atoms with E-state index in [4.69, 9.17) is 4.74 Å². The molecule has 2 atom stereocenters. The number of benzene rings is 1. The highest BCUT2D eigenvalue weighted by Crippen LogP contribution is 2.31. The molecule has 0 N–H and O–H groups in total. The summed E-state index contributed by atoms with van der Waals surface area (Å²) in [5.74, 6) is 0.314. The van der Waals surface area contributed by atoms with Crippen LogP contribution in [0.3, 0.4) is 0 Å². The maximum Gasteiger partial charge on any atom is 0.279 e. The number of piperidine rings is 1. The van der Waals surface area contributed by atoms with Crippen molar-refractivity contribution in [1.82, 2.24) is 9.88 Å². The van der Waals surface area contributed by atoms with Gasteiger partial charge in [0.15, 0.2) is 6.61 Å². The minimum atomic E-state index is -0.448. The highest BCUT2D eigenvalue weighted by atomic mass is 16.6. The van der Waals surface area contributed by atoms with Gasteiger partial charge < -0.3 is 9.64 Å². The van der Waals surface area contributed by atoms with Crippen LogP contribution in [-0.4, -0.2) is 39.4 Å². The average molecular weight is 343 g/mol. The number of nitrogens with zero attached hydrogens (tertiary/aromatic N) is 3. The standard InChI is InChI=1S/C18H21N3O4/c1-12-5-3-6-13(2)20(12)17(22)11-25-16-9-8-15(21(23)24)14-7-4-10-19-18(14)16/h4,7-10,12-13H,3,5-6,11H2,1-2H3. The predicted molar refractivity (Wildman–Crippen MR) is 93.5 cm³/mol. The third-order valence-corrected chi connectivity index (χ3v) is 4.74. The molecule has 1 saturated heterocycles. The fourth-order valence-corrected chi connectivity index (χ4v) is 3.53. The normalized spacial score (nSPS) is 20.5. The molecule has 1 aliphatic rings. The Morgan fingerprint density at radius 2 is 2.04 bits per heavy atom. The Morgan fingerprint density at radius 3 is 2.72 bits per heavy atom. The van der Waals surface area contributed by atoms with Crippen molar-refractivity contribution in [2.24, 2.45) is 0 Å². The molecular formula is C18H21N3O4. The van der Waals surface area contributed by atoms with Crippen molar-refractivity contribution < 1.29 is 14.5 Å². The second kappa shape index (κ2) is 7.04. The van der Waals surface area contributed by atoms with Gasteiger partial charge in [-0.15, -0.1) is 0 Å². The number of rotatable bonds is 4. The van der Waals surface area contributed by atoms with Crippen LogP contribution in [0, 0.1) is 10.1 Å². The van der Waals surface area contributed by atoms with Crippen molar-refractivity contribution in [3.8, 4) is 5.75 Å². The Hall–Kier alpha value is -2.70. The zero-order valence-electron chi connectivity index (χ0n) is 14.3. The number of hydrogen-bond donors (Lipinski definition) is 0. The van der Waals surface area contributed by atoms with Crippen molar-refractivity contribution >= 4 is 22.5 Å². The summed E-state index contributed by atoms with van der Waals surface area (Å²) < 4.78 is 5.69. The second-order valence-electron chi connectivity index (χ2n) is 6.46. The van der Waals surface area contributed by atoms with Crippen LogP contribution in [0.25, 0.3) is 10.9 Å². The highest BCUT2D eigenvalue weighted by molar-refractivity contribution is 5.92. The molecule has 0 saturated carbocycles. The van der Waals surface area contributed by atoms with Crippen LogP contribution in [0.1, 0.15) is 33.1 Å². The number of aromatic nitrogens is 1. The Kier molecular flexibility index (Phi) is 4.83. The van der Waals surface area contributed by atoms with Gasteiger partial charge in [-0.05, 0) is 51.3 Å². The van der Waals surface area contributed by atoms with Gasteiger partial charge in [0.2, 0.25) is 0 Å². The number of ether oxygens (including phenoxy) is 1. The van der Waals surface area contributed by atoms with E-state index in [1.165, 1.54) is 12.1 Å². The van der Waals surface area contributed by atoms with E-state index in [0.29, 0.717) is 16.7 Å². The van der Waals surface area contributed by atoms with E-state index in [-0.39, 0.29) is 30.3 Å². The predicted octanol–water partition coefficient (Wildman–Crippen LogP) is 3.31.